The van der Waals surface area contributed by atoms with Crippen LogP contribution >= 0.6 is 11.3 Å². The number of anilines is 2. The van der Waals surface area contributed by atoms with E-state index >= 15 is 0 Å². The fourth-order valence-electron chi connectivity index (χ4n) is 1.66. The van der Waals surface area contributed by atoms with Crippen LogP contribution in [-0.2, 0) is 13.6 Å². The number of thiazole rings is 1. The molecule has 8 heteroatoms. The minimum absolute atomic E-state index is 0.139. The maximum Gasteiger partial charge on any atom is 0.267 e. The molecular formula is C11H16N6OS. The molecule has 0 bridgehead atoms. The maximum absolute atomic E-state index is 12.3. The Kier molecular flexibility index (Phi) is 3.70. The van der Waals surface area contributed by atoms with Gasteiger partial charge >= 0.3 is 0 Å². The molecule has 0 radical (unpaired) electrons. The molecule has 0 saturated heterocycles. The Labute approximate surface area is 115 Å². The summed E-state index contributed by atoms with van der Waals surface area (Å²) in [4.78, 5) is 18.4. The van der Waals surface area contributed by atoms with Gasteiger partial charge in [0.25, 0.3) is 5.91 Å². The first-order valence-corrected chi connectivity index (χ1v) is 6.50. The Bertz CT molecular complexity index is 590. The van der Waals surface area contributed by atoms with Gasteiger partial charge in [-0.25, -0.2) is 4.98 Å². The van der Waals surface area contributed by atoms with Crippen LogP contribution in [0.5, 0.6) is 0 Å². The van der Waals surface area contributed by atoms with E-state index in [-0.39, 0.29) is 11.7 Å². The molecule has 2 aromatic rings. The monoisotopic (exact) mass is 280 g/mol. The first-order chi connectivity index (χ1) is 9.01. The van der Waals surface area contributed by atoms with Gasteiger partial charge in [0.05, 0.1) is 6.20 Å². The van der Waals surface area contributed by atoms with Crippen molar-refractivity contribution in [2.45, 2.75) is 6.54 Å². The summed E-state index contributed by atoms with van der Waals surface area (Å²) in [5.41, 5.74) is 6.72. The number of carbonyl (C=O) groups is 1. The molecule has 0 aliphatic rings. The van der Waals surface area contributed by atoms with Crippen molar-refractivity contribution in [1.82, 2.24) is 19.7 Å². The molecule has 2 aromatic heterocycles. The minimum Gasteiger partial charge on any atom is -0.382 e. The average molecular weight is 280 g/mol. The van der Waals surface area contributed by atoms with E-state index in [1.807, 2.05) is 13.2 Å². The lowest BCUT2D eigenvalue weighted by Gasteiger charge is -2.15. The zero-order valence-corrected chi connectivity index (χ0v) is 11.9. The van der Waals surface area contributed by atoms with Crippen LogP contribution in [0.1, 0.15) is 15.2 Å². The SMILES string of the molecule is CNc1nc(N)c(C(=O)N(C)Cc2cnn(C)c2)s1. The number of carbonyl (C=O) groups excluding carboxylic acids is 1. The number of nitrogens with two attached hydrogens (primary N) is 1. The van der Waals surface area contributed by atoms with Crippen LogP contribution in [0.4, 0.5) is 10.9 Å². The fraction of sp³-hybridized carbons (Fsp3) is 0.364. The van der Waals surface area contributed by atoms with Crippen molar-refractivity contribution in [3.63, 3.8) is 0 Å². The summed E-state index contributed by atoms with van der Waals surface area (Å²) in [6, 6.07) is 0. The van der Waals surface area contributed by atoms with Crippen LogP contribution in [-0.4, -0.2) is 39.7 Å². The highest BCUT2D eigenvalue weighted by atomic mass is 32.1. The van der Waals surface area contributed by atoms with Crippen molar-refractivity contribution in [3.8, 4) is 0 Å². The van der Waals surface area contributed by atoms with Gasteiger partial charge in [0.2, 0.25) is 0 Å². The Morgan fingerprint density at radius 3 is 2.89 bits per heavy atom. The number of hydrogen-bond acceptors (Lipinski definition) is 6. The molecule has 0 aromatic carbocycles. The summed E-state index contributed by atoms with van der Waals surface area (Å²) < 4.78 is 1.70. The molecule has 0 atom stereocenters. The van der Waals surface area contributed by atoms with E-state index in [1.165, 1.54) is 11.3 Å². The lowest BCUT2D eigenvalue weighted by atomic mass is 10.3. The third kappa shape index (κ3) is 2.84. The third-order valence-corrected chi connectivity index (χ3v) is 3.66. The molecule has 1 amide bonds. The van der Waals surface area contributed by atoms with Crippen molar-refractivity contribution < 1.29 is 4.79 Å². The minimum atomic E-state index is -0.139. The third-order valence-electron chi connectivity index (χ3n) is 2.59. The molecule has 0 aliphatic carbocycles. The number of rotatable bonds is 4. The average Bonchev–Trinajstić information content (AvgIpc) is 2.94. The van der Waals surface area contributed by atoms with Crippen molar-refractivity contribution in [2.75, 3.05) is 25.1 Å². The van der Waals surface area contributed by atoms with Gasteiger partial charge in [0.15, 0.2) is 5.13 Å². The van der Waals surface area contributed by atoms with Crippen molar-refractivity contribution in [2.24, 2.45) is 7.05 Å². The molecular weight excluding hydrogens is 264 g/mol. The summed E-state index contributed by atoms with van der Waals surface area (Å²) in [6.07, 6.45) is 3.61. The highest BCUT2D eigenvalue weighted by Gasteiger charge is 2.19. The Morgan fingerprint density at radius 1 is 1.63 bits per heavy atom. The first-order valence-electron chi connectivity index (χ1n) is 5.68. The van der Waals surface area contributed by atoms with E-state index in [4.69, 9.17) is 5.73 Å². The zero-order valence-electron chi connectivity index (χ0n) is 11.0. The Balaban J connectivity index is 2.12. The van der Waals surface area contributed by atoms with Crippen molar-refractivity contribution in [1.29, 1.82) is 0 Å². The smallest absolute Gasteiger partial charge is 0.267 e. The maximum atomic E-state index is 12.3. The number of nitrogens with zero attached hydrogens (tertiary/aromatic N) is 4. The summed E-state index contributed by atoms with van der Waals surface area (Å²) in [7, 11) is 5.31. The standard InChI is InChI=1S/C11H16N6OS/c1-13-11-15-9(12)8(19-11)10(18)16(2)5-7-4-14-17(3)6-7/h4,6H,5,12H2,1-3H3,(H,13,15). The second-order valence-corrected chi connectivity index (χ2v) is 5.17. The molecule has 19 heavy (non-hydrogen) atoms. The Hall–Kier alpha value is -2.09. The van der Waals surface area contributed by atoms with Crippen LogP contribution in [0.15, 0.2) is 12.4 Å². The number of amides is 1. The lowest BCUT2D eigenvalue weighted by molar-refractivity contribution is 0.0790. The van der Waals surface area contributed by atoms with Gasteiger partial charge in [-0.15, -0.1) is 0 Å². The van der Waals surface area contributed by atoms with Crippen LogP contribution in [0.2, 0.25) is 0 Å². The molecule has 0 saturated carbocycles. The van der Waals surface area contributed by atoms with E-state index in [0.29, 0.717) is 16.6 Å². The van der Waals surface area contributed by atoms with Crippen molar-refractivity contribution in [3.05, 3.63) is 22.8 Å². The largest absolute Gasteiger partial charge is 0.382 e. The molecule has 2 heterocycles. The summed E-state index contributed by atoms with van der Waals surface area (Å²) >= 11 is 1.25. The predicted molar refractivity (Wildman–Crippen MR) is 75.1 cm³/mol. The van der Waals surface area contributed by atoms with Gasteiger partial charge in [-0.05, 0) is 0 Å². The topological polar surface area (TPSA) is 89.1 Å². The molecule has 102 valence electrons. The van der Waals surface area contributed by atoms with E-state index in [2.05, 4.69) is 15.4 Å². The van der Waals surface area contributed by atoms with Crippen LogP contribution in [0, 0.1) is 0 Å². The lowest BCUT2D eigenvalue weighted by Crippen LogP contribution is -2.26. The van der Waals surface area contributed by atoms with Gasteiger partial charge < -0.3 is 16.0 Å². The molecule has 0 unspecified atom stereocenters. The first kappa shape index (κ1) is 13.3. The Morgan fingerprint density at radius 2 is 2.37 bits per heavy atom. The quantitative estimate of drug-likeness (QED) is 0.863. The summed E-state index contributed by atoms with van der Waals surface area (Å²) in [5, 5.41) is 7.58. The predicted octanol–water partition coefficient (Wildman–Crippen LogP) is 0.773. The number of aromatic nitrogens is 3. The zero-order chi connectivity index (χ0) is 14.0. The van der Waals surface area contributed by atoms with E-state index in [0.717, 1.165) is 5.56 Å². The number of nitrogens with one attached hydrogen (secondary N) is 1. The van der Waals surface area contributed by atoms with E-state index in [9.17, 15) is 4.79 Å². The van der Waals surface area contributed by atoms with Gasteiger partial charge in [0.1, 0.15) is 10.7 Å². The van der Waals surface area contributed by atoms with Gasteiger partial charge in [-0.2, -0.15) is 5.10 Å². The van der Waals surface area contributed by atoms with E-state index < -0.39 is 0 Å². The molecule has 0 fully saturated rings. The van der Waals surface area contributed by atoms with Crippen LogP contribution in [0.3, 0.4) is 0 Å². The molecule has 2 rings (SSSR count). The molecule has 0 spiro atoms. The highest BCUT2D eigenvalue weighted by Crippen LogP contribution is 2.25. The second-order valence-electron chi connectivity index (χ2n) is 4.17. The second kappa shape index (κ2) is 5.27. The molecule has 3 N–H and O–H groups in total. The van der Waals surface area contributed by atoms with Gasteiger partial charge in [-0.1, -0.05) is 11.3 Å². The number of hydrogen-bond donors (Lipinski definition) is 2. The number of aryl methyl sites for hydroxylation is 1. The normalized spacial score (nSPS) is 10.5. The van der Waals surface area contributed by atoms with Crippen LogP contribution in [0.25, 0.3) is 0 Å². The fourth-order valence-corrected chi connectivity index (χ4v) is 2.50. The molecule has 7 nitrogen and oxygen atoms in total. The van der Waals surface area contributed by atoms with Crippen LogP contribution < -0.4 is 11.1 Å². The van der Waals surface area contributed by atoms with Gasteiger partial charge in [-0.3, -0.25) is 9.48 Å². The molecule has 0 aliphatic heterocycles. The van der Waals surface area contributed by atoms with E-state index in [1.54, 1.807) is 29.9 Å². The van der Waals surface area contributed by atoms with Crippen molar-refractivity contribution >= 4 is 28.2 Å². The highest BCUT2D eigenvalue weighted by molar-refractivity contribution is 7.18. The summed E-state index contributed by atoms with van der Waals surface area (Å²) in [5.74, 6) is 0.123. The van der Waals surface area contributed by atoms with Gasteiger partial charge in [0, 0.05) is 39.4 Å². The number of nitrogen functional groups attached to an aromatic ring is 1. The summed E-state index contributed by atoms with van der Waals surface area (Å²) in [6.45, 7) is 0.485.